The molecule has 0 spiro atoms. The summed E-state index contributed by atoms with van der Waals surface area (Å²) in [6.45, 7) is 13.2. The Balaban J connectivity index is 1.50. The monoisotopic (exact) mass is 896 g/mol. The van der Waals surface area contributed by atoms with Gasteiger partial charge in [0.05, 0.1) is 44.1 Å². The zero-order chi connectivity index (χ0) is 46.4. The smallest absolute Gasteiger partial charge is 0.410 e. The molecule has 3 aliphatic rings. The summed E-state index contributed by atoms with van der Waals surface area (Å²) in [7, 11) is 1.51. The van der Waals surface area contributed by atoms with Gasteiger partial charge in [0.2, 0.25) is 5.79 Å². The minimum atomic E-state index is -1.45. The number of hydrogen-bond donors (Lipinski definition) is 2. The topological polar surface area (TPSA) is 155 Å². The number of allylic oxidation sites excluding steroid dienone is 1. The molecule has 1 aliphatic heterocycles. The highest BCUT2D eigenvalue weighted by molar-refractivity contribution is 6.03. The van der Waals surface area contributed by atoms with Gasteiger partial charge in [-0.05, 0) is 112 Å². The molecule has 6 rings (SSSR count). The number of ether oxygens (including phenoxy) is 6. The van der Waals surface area contributed by atoms with Crippen LogP contribution in [-0.2, 0) is 25.7 Å². The van der Waals surface area contributed by atoms with Crippen LogP contribution in [0.25, 0.3) is 0 Å². The van der Waals surface area contributed by atoms with E-state index in [0.717, 1.165) is 48.7 Å². The van der Waals surface area contributed by atoms with E-state index in [2.05, 4.69) is 12.7 Å². The Hall–Kier alpha value is -5.21. The maximum atomic E-state index is 14.6. The first-order valence-electron chi connectivity index (χ1n) is 23.1. The fourth-order valence-corrected chi connectivity index (χ4v) is 9.56. The highest BCUT2D eigenvalue weighted by Gasteiger charge is 2.65. The first-order chi connectivity index (χ1) is 31.5. The third kappa shape index (κ3) is 12.0. The third-order valence-electron chi connectivity index (χ3n) is 12.3. The van der Waals surface area contributed by atoms with Gasteiger partial charge in [-0.2, -0.15) is 0 Å². The molecule has 0 radical (unpaired) electrons. The summed E-state index contributed by atoms with van der Waals surface area (Å²) in [5.74, 6) is -0.128. The predicted molar refractivity (Wildman–Crippen MR) is 249 cm³/mol. The zero-order valence-electron chi connectivity index (χ0n) is 38.7. The van der Waals surface area contributed by atoms with Gasteiger partial charge >= 0.3 is 6.09 Å². The lowest BCUT2D eigenvalue weighted by molar-refractivity contribution is -0.255. The summed E-state index contributed by atoms with van der Waals surface area (Å²) in [6.07, 6.45) is 9.55. The van der Waals surface area contributed by atoms with Crippen molar-refractivity contribution in [3.05, 3.63) is 108 Å². The van der Waals surface area contributed by atoms with E-state index in [1.807, 2.05) is 76.2 Å². The van der Waals surface area contributed by atoms with E-state index in [4.69, 9.17) is 38.4 Å². The molecule has 1 fully saturated rings. The fourth-order valence-electron chi connectivity index (χ4n) is 9.56. The number of carbonyl (C=O) groups is 2. The third-order valence-corrected chi connectivity index (χ3v) is 12.3. The van der Waals surface area contributed by atoms with Crippen LogP contribution in [0.3, 0.4) is 0 Å². The molecule has 3 aromatic carbocycles. The second-order valence-electron chi connectivity index (χ2n) is 17.9. The Morgan fingerprint density at radius 1 is 0.985 bits per heavy atom. The van der Waals surface area contributed by atoms with E-state index in [0.29, 0.717) is 66.7 Å². The lowest BCUT2D eigenvalue weighted by Crippen LogP contribution is -2.70. The molecule has 0 saturated heterocycles. The maximum absolute atomic E-state index is 14.6. The van der Waals surface area contributed by atoms with Crippen molar-refractivity contribution in [2.45, 2.75) is 109 Å². The van der Waals surface area contributed by atoms with E-state index in [1.165, 1.54) is 7.11 Å². The minimum absolute atomic E-state index is 0.0122. The fraction of sp³-hybridized carbons (Fsp3) is 0.519. The molecule has 1 amide bonds. The van der Waals surface area contributed by atoms with Crippen molar-refractivity contribution in [2.24, 2.45) is 22.9 Å². The van der Waals surface area contributed by atoms with Gasteiger partial charge in [-0.1, -0.05) is 67.4 Å². The molecule has 6 atom stereocenters. The number of unbranched alkanes of at least 4 members (excludes halogenated alkanes) is 2. The number of aldehydes is 1. The van der Waals surface area contributed by atoms with Gasteiger partial charge in [0.15, 0.2) is 6.29 Å². The highest BCUT2D eigenvalue weighted by Crippen LogP contribution is 2.62. The number of rotatable bonds is 24. The average molecular weight is 897 g/mol. The van der Waals surface area contributed by atoms with E-state index in [9.17, 15) is 19.8 Å². The second kappa shape index (κ2) is 23.3. The van der Waals surface area contributed by atoms with E-state index < -0.39 is 29.4 Å². The molecule has 1 heterocycles. The van der Waals surface area contributed by atoms with Crippen molar-refractivity contribution in [3.8, 4) is 23.0 Å². The van der Waals surface area contributed by atoms with Gasteiger partial charge in [-0.15, -0.1) is 6.58 Å². The van der Waals surface area contributed by atoms with Gasteiger partial charge < -0.3 is 43.5 Å². The van der Waals surface area contributed by atoms with Crippen LogP contribution in [-0.4, -0.2) is 97.3 Å². The van der Waals surface area contributed by atoms with E-state index in [-0.39, 0.29) is 57.2 Å². The van der Waals surface area contributed by atoms with Crippen LogP contribution in [0.5, 0.6) is 23.0 Å². The number of aliphatic hydroxyl groups excluding tert-OH is 2. The van der Waals surface area contributed by atoms with Crippen LogP contribution in [0.15, 0.2) is 96.2 Å². The van der Waals surface area contributed by atoms with Crippen molar-refractivity contribution in [2.75, 3.05) is 46.7 Å². The lowest BCUT2D eigenvalue weighted by atomic mass is 9.55. The van der Waals surface area contributed by atoms with Gasteiger partial charge in [0.25, 0.3) is 0 Å². The number of fused-ring (bicyclic) bond motifs is 2. The van der Waals surface area contributed by atoms with Crippen LogP contribution in [0.4, 0.5) is 4.79 Å². The van der Waals surface area contributed by atoms with E-state index in [1.54, 1.807) is 29.2 Å². The standard InChI is InChI=1S/C52H68N2O11/c1-7-24-54(50(58)61-29-28-60-35-36-16-10-9-11-17-36)47-33-44(53-65-51(3,4)5)42-31-37(18-12-14-25-55)41(19-13-15-26-56)48-43-32-40(63-39-20-22-45(59-6)38(30-39)34-57)21-23-46(43)64-52(47,49(42)48)62-27-8-2/h8-11,16-17,20-23,30-32,34,37,41,47-49,55-56H,2,7,12-15,18-19,24-29,33,35H2,1,3-6H3/t37-,41+,47-,48+,49+,52+/m0/s1. The number of oxime groups is 1. The van der Waals surface area contributed by atoms with Crippen LogP contribution < -0.4 is 14.2 Å². The molecule has 2 N–H and O–H groups in total. The van der Waals surface area contributed by atoms with Crippen LogP contribution >= 0.6 is 0 Å². The van der Waals surface area contributed by atoms with Gasteiger partial charge in [-0.3, -0.25) is 9.69 Å². The minimum Gasteiger partial charge on any atom is -0.496 e. The largest absolute Gasteiger partial charge is 0.496 e. The van der Waals surface area contributed by atoms with Crippen LogP contribution in [0.1, 0.15) is 106 Å². The normalized spacial score (nSPS) is 22.7. The molecular formula is C52H68N2O11. The Morgan fingerprint density at radius 3 is 2.42 bits per heavy atom. The average Bonchev–Trinajstić information content (AvgIpc) is 3.30. The summed E-state index contributed by atoms with van der Waals surface area (Å²) < 4.78 is 38.2. The van der Waals surface area contributed by atoms with Crippen molar-refractivity contribution >= 4 is 18.1 Å². The van der Waals surface area contributed by atoms with Crippen molar-refractivity contribution in [3.63, 3.8) is 0 Å². The van der Waals surface area contributed by atoms with Crippen molar-refractivity contribution in [1.29, 1.82) is 0 Å². The molecule has 0 aromatic heterocycles. The molecule has 65 heavy (non-hydrogen) atoms. The van der Waals surface area contributed by atoms with Gasteiger partial charge in [0, 0.05) is 37.7 Å². The number of amides is 1. The van der Waals surface area contributed by atoms with Gasteiger partial charge in [-0.25, -0.2) is 4.79 Å². The number of nitrogens with zero attached hydrogens (tertiary/aromatic N) is 2. The molecular weight excluding hydrogens is 829 g/mol. The molecule has 13 heteroatoms. The Bertz CT molecular complexity index is 2100. The number of methoxy groups -OCH3 is 1. The number of hydrogen-bond acceptors (Lipinski definition) is 12. The zero-order valence-corrected chi connectivity index (χ0v) is 38.7. The first-order valence-corrected chi connectivity index (χ1v) is 23.1. The lowest BCUT2D eigenvalue weighted by Gasteiger charge is -2.60. The van der Waals surface area contributed by atoms with Gasteiger partial charge in [0.1, 0.15) is 41.2 Å². The Kier molecular flexibility index (Phi) is 17.6. The summed E-state index contributed by atoms with van der Waals surface area (Å²) in [6, 6.07) is 19.9. The summed E-state index contributed by atoms with van der Waals surface area (Å²) in [5.41, 5.74) is 3.29. The Labute approximate surface area is 384 Å². The molecule has 3 aromatic rings. The first kappa shape index (κ1) is 49.2. The highest BCUT2D eigenvalue weighted by atomic mass is 16.7. The SMILES string of the molecule is C=CCO[C@@]12Oc3ccc(Oc4ccc(OC)c(C=O)c4)cc3[C@H]3[C@H](CCCCO)[C@@H](CCCCO)C=C(C(=NOC(C)(C)C)C[C@@H]1N(CCC)C(=O)OCCOCc1ccccc1)[C@H]32. The van der Waals surface area contributed by atoms with Crippen molar-refractivity contribution in [1.82, 2.24) is 4.90 Å². The molecule has 352 valence electrons. The van der Waals surface area contributed by atoms with E-state index >= 15 is 0 Å². The summed E-state index contributed by atoms with van der Waals surface area (Å²) >= 11 is 0. The predicted octanol–water partition coefficient (Wildman–Crippen LogP) is 9.80. The molecule has 2 aliphatic carbocycles. The van der Waals surface area contributed by atoms with Crippen molar-refractivity contribution < 1.29 is 53.1 Å². The van der Waals surface area contributed by atoms with Crippen LogP contribution in [0.2, 0.25) is 0 Å². The maximum Gasteiger partial charge on any atom is 0.410 e. The second-order valence-corrected chi connectivity index (χ2v) is 17.9. The summed E-state index contributed by atoms with van der Waals surface area (Å²) in [5, 5.41) is 24.8. The molecule has 0 unspecified atom stereocenters. The Morgan fingerprint density at radius 2 is 1.72 bits per heavy atom. The van der Waals surface area contributed by atoms with Crippen LogP contribution in [0, 0.1) is 17.8 Å². The molecule has 0 bridgehead atoms. The molecule has 13 nitrogen and oxygen atoms in total. The summed E-state index contributed by atoms with van der Waals surface area (Å²) in [4.78, 5) is 34.5. The number of carbonyl (C=O) groups excluding carboxylic acids is 2. The number of aliphatic hydroxyl groups is 2. The number of benzene rings is 3. The molecule has 1 saturated carbocycles. The quantitative estimate of drug-likeness (QED) is 0.0382.